The summed E-state index contributed by atoms with van der Waals surface area (Å²) in [5.74, 6) is -0.336. The number of nitriles is 1. The molecule has 6 heteroatoms. The molecular weight excluding hydrogens is 252 g/mol. The molecule has 0 aliphatic carbocycles. The predicted octanol–water partition coefficient (Wildman–Crippen LogP) is 1.51. The van der Waals surface area contributed by atoms with Crippen molar-refractivity contribution in [3.8, 4) is 6.07 Å². The fraction of sp³-hybridized carbons (Fsp3) is 0.357. The second-order valence-corrected chi connectivity index (χ2v) is 4.74. The molecule has 1 heterocycles. The second-order valence-electron chi connectivity index (χ2n) is 4.74. The van der Waals surface area contributed by atoms with Crippen molar-refractivity contribution in [2.75, 3.05) is 18.5 Å². The van der Waals surface area contributed by atoms with E-state index in [2.05, 4.69) is 15.4 Å². The lowest BCUT2D eigenvalue weighted by atomic mass is 10.1. The zero-order chi connectivity index (χ0) is 14.4. The van der Waals surface area contributed by atoms with Crippen LogP contribution in [-0.4, -0.2) is 29.5 Å². The zero-order valence-electron chi connectivity index (χ0n) is 11.3. The topological polar surface area (TPSA) is 101 Å². The first-order valence-electron chi connectivity index (χ1n) is 6.59. The van der Waals surface area contributed by atoms with Crippen molar-refractivity contribution in [1.82, 2.24) is 4.90 Å². The van der Waals surface area contributed by atoms with Gasteiger partial charge in [-0.3, -0.25) is 15.7 Å². The normalized spacial score (nSPS) is 15.8. The molecule has 1 saturated heterocycles. The van der Waals surface area contributed by atoms with Crippen LogP contribution in [0.2, 0.25) is 0 Å². The molecule has 1 fully saturated rings. The van der Waals surface area contributed by atoms with Crippen LogP contribution in [0.1, 0.15) is 18.4 Å². The number of likely N-dealkylation sites (tertiary alicyclic amines) is 1. The van der Waals surface area contributed by atoms with Gasteiger partial charge in [-0.15, -0.1) is 0 Å². The monoisotopic (exact) mass is 270 g/mol. The summed E-state index contributed by atoms with van der Waals surface area (Å²) in [6, 6.07) is 9.63. The number of amidine groups is 1. The van der Waals surface area contributed by atoms with Gasteiger partial charge in [0.25, 0.3) is 0 Å². The van der Waals surface area contributed by atoms with Crippen LogP contribution in [0, 0.1) is 16.7 Å². The van der Waals surface area contributed by atoms with Gasteiger partial charge in [-0.05, 0) is 37.6 Å². The lowest BCUT2D eigenvalue weighted by Gasteiger charge is -2.17. The molecule has 0 aromatic heterocycles. The third-order valence-corrected chi connectivity index (χ3v) is 3.26. The molecule has 104 valence electrons. The van der Waals surface area contributed by atoms with Gasteiger partial charge in [0, 0.05) is 6.54 Å². The number of benzene rings is 1. The van der Waals surface area contributed by atoms with E-state index < -0.39 is 0 Å². The second kappa shape index (κ2) is 6.68. The highest BCUT2D eigenvalue weighted by atomic mass is 15.3. The molecule has 0 saturated carbocycles. The first kappa shape index (κ1) is 14.0. The van der Waals surface area contributed by atoms with Crippen molar-refractivity contribution >= 4 is 17.2 Å². The summed E-state index contributed by atoms with van der Waals surface area (Å²) in [5, 5.41) is 19.9. The van der Waals surface area contributed by atoms with E-state index in [1.165, 1.54) is 12.8 Å². The fourth-order valence-corrected chi connectivity index (χ4v) is 2.21. The minimum atomic E-state index is -0.336. The van der Waals surface area contributed by atoms with Crippen LogP contribution in [0.15, 0.2) is 29.4 Å². The molecule has 0 spiro atoms. The van der Waals surface area contributed by atoms with Crippen LogP contribution in [0.4, 0.5) is 5.69 Å². The van der Waals surface area contributed by atoms with Gasteiger partial charge in [0.1, 0.15) is 6.07 Å². The van der Waals surface area contributed by atoms with Gasteiger partial charge in [-0.25, -0.2) is 0 Å². The van der Waals surface area contributed by atoms with E-state index in [-0.39, 0.29) is 11.5 Å². The molecule has 0 radical (unpaired) electrons. The maximum Gasteiger partial charge on any atom is 0.201 e. The van der Waals surface area contributed by atoms with Crippen molar-refractivity contribution in [3.63, 3.8) is 0 Å². The van der Waals surface area contributed by atoms with Gasteiger partial charge in [0.05, 0.1) is 5.69 Å². The Bertz CT molecular complexity index is 551. The van der Waals surface area contributed by atoms with Crippen LogP contribution in [0.3, 0.4) is 0 Å². The average Bonchev–Trinajstić information content (AvgIpc) is 2.94. The number of nitrogens with two attached hydrogens (primary N) is 1. The molecule has 1 aromatic rings. The van der Waals surface area contributed by atoms with Crippen molar-refractivity contribution < 1.29 is 0 Å². The summed E-state index contributed by atoms with van der Waals surface area (Å²) >= 11 is 0. The van der Waals surface area contributed by atoms with E-state index in [9.17, 15) is 0 Å². The van der Waals surface area contributed by atoms with Crippen molar-refractivity contribution in [3.05, 3.63) is 29.8 Å². The summed E-state index contributed by atoms with van der Waals surface area (Å²) < 4.78 is 0. The van der Waals surface area contributed by atoms with Crippen molar-refractivity contribution in [1.29, 1.82) is 10.7 Å². The number of nitrogens with zero attached hydrogens (tertiary/aromatic N) is 3. The standard InChI is InChI=1S/C14H18N6/c15-9-13(14(16)17)19-18-12-6-2-1-5-11(12)10-20-7-3-4-8-20/h1-2,5-6,18H,3-4,7-8,10H2,(H3,16,17)/b19-13+. The number of nitrogens with one attached hydrogen (secondary N) is 2. The number of anilines is 1. The summed E-state index contributed by atoms with van der Waals surface area (Å²) in [7, 11) is 0. The van der Waals surface area contributed by atoms with Gasteiger partial charge >= 0.3 is 0 Å². The molecule has 4 N–H and O–H groups in total. The maximum absolute atomic E-state index is 8.82. The first-order valence-corrected chi connectivity index (χ1v) is 6.59. The van der Waals surface area contributed by atoms with Gasteiger partial charge in [-0.1, -0.05) is 18.2 Å². The number of hydrazone groups is 1. The summed E-state index contributed by atoms with van der Waals surface area (Å²) in [6.45, 7) is 3.10. The summed E-state index contributed by atoms with van der Waals surface area (Å²) in [6.07, 6.45) is 2.49. The van der Waals surface area contributed by atoms with Crippen molar-refractivity contribution in [2.24, 2.45) is 10.8 Å². The summed E-state index contributed by atoms with van der Waals surface area (Å²) in [5.41, 5.74) is 9.96. The molecule has 1 aromatic carbocycles. The van der Waals surface area contributed by atoms with E-state index in [0.717, 1.165) is 30.9 Å². The van der Waals surface area contributed by atoms with E-state index in [4.69, 9.17) is 16.4 Å². The van der Waals surface area contributed by atoms with E-state index in [1.54, 1.807) is 6.07 Å². The number of hydrogen-bond donors (Lipinski definition) is 3. The highest BCUT2D eigenvalue weighted by molar-refractivity contribution is 6.45. The van der Waals surface area contributed by atoms with Gasteiger partial charge in [0.2, 0.25) is 5.71 Å². The minimum Gasteiger partial charge on any atom is -0.382 e. The Balaban J connectivity index is 2.11. The van der Waals surface area contributed by atoms with E-state index >= 15 is 0 Å². The first-order chi connectivity index (χ1) is 9.70. The number of para-hydroxylation sites is 1. The Hall–Kier alpha value is -2.39. The van der Waals surface area contributed by atoms with Crippen LogP contribution in [-0.2, 0) is 6.54 Å². The number of rotatable bonds is 5. The molecule has 6 nitrogen and oxygen atoms in total. The largest absolute Gasteiger partial charge is 0.382 e. The van der Waals surface area contributed by atoms with Gasteiger partial charge < -0.3 is 5.73 Å². The molecule has 1 aliphatic rings. The third kappa shape index (κ3) is 3.56. The molecule has 1 aliphatic heterocycles. The third-order valence-electron chi connectivity index (χ3n) is 3.26. The van der Waals surface area contributed by atoms with Gasteiger partial charge in [0.15, 0.2) is 5.84 Å². The highest BCUT2D eigenvalue weighted by Crippen LogP contribution is 2.19. The van der Waals surface area contributed by atoms with Crippen LogP contribution >= 0.6 is 0 Å². The Morgan fingerprint density at radius 2 is 2.10 bits per heavy atom. The highest BCUT2D eigenvalue weighted by Gasteiger charge is 2.13. The lowest BCUT2D eigenvalue weighted by molar-refractivity contribution is 0.332. The molecule has 0 atom stereocenters. The van der Waals surface area contributed by atoms with Crippen molar-refractivity contribution in [2.45, 2.75) is 19.4 Å². The quantitative estimate of drug-likeness (QED) is 0.429. The SMILES string of the molecule is N#C/C(=N\Nc1ccccc1CN1CCCC1)C(=N)N. The molecule has 0 amide bonds. The lowest BCUT2D eigenvalue weighted by Crippen LogP contribution is -2.22. The minimum absolute atomic E-state index is 0.110. The van der Waals surface area contributed by atoms with Crippen LogP contribution in [0.25, 0.3) is 0 Å². The molecule has 20 heavy (non-hydrogen) atoms. The fourth-order valence-electron chi connectivity index (χ4n) is 2.21. The Kier molecular flexibility index (Phi) is 4.69. The predicted molar refractivity (Wildman–Crippen MR) is 79.5 cm³/mol. The Morgan fingerprint density at radius 1 is 1.40 bits per heavy atom. The summed E-state index contributed by atoms with van der Waals surface area (Å²) in [4.78, 5) is 2.39. The Labute approximate surface area is 118 Å². The average molecular weight is 270 g/mol. The molecule has 0 unspecified atom stereocenters. The molecule has 0 bridgehead atoms. The number of hydrogen-bond acceptors (Lipinski definition) is 5. The van der Waals surface area contributed by atoms with E-state index in [1.807, 2.05) is 24.3 Å². The van der Waals surface area contributed by atoms with Crippen LogP contribution in [0.5, 0.6) is 0 Å². The smallest absolute Gasteiger partial charge is 0.201 e. The van der Waals surface area contributed by atoms with Crippen LogP contribution < -0.4 is 11.2 Å². The van der Waals surface area contributed by atoms with Gasteiger partial charge in [-0.2, -0.15) is 10.4 Å². The Morgan fingerprint density at radius 3 is 2.75 bits per heavy atom. The molecule has 2 rings (SSSR count). The maximum atomic E-state index is 8.82. The van der Waals surface area contributed by atoms with E-state index in [0.29, 0.717) is 0 Å². The zero-order valence-corrected chi connectivity index (χ0v) is 11.3. The molecular formula is C14H18N6.